The van der Waals surface area contributed by atoms with Gasteiger partial charge in [0, 0.05) is 12.1 Å². The Bertz CT molecular complexity index is 1220. The van der Waals surface area contributed by atoms with E-state index in [2.05, 4.69) is 0 Å². The van der Waals surface area contributed by atoms with Gasteiger partial charge in [0.05, 0.1) is 22.3 Å². The Hall–Kier alpha value is -4.11. The summed E-state index contributed by atoms with van der Waals surface area (Å²) in [5, 5.41) is 12.6. The molecule has 2 amide bonds. The van der Waals surface area contributed by atoms with Crippen molar-refractivity contribution in [2.75, 3.05) is 9.96 Å². The van der Waals surface area contributed by atoms with E-state index in [0.29, 0.717) is 11.3 Å². The van der Waals surface area contributed by atoms with Crippen LogP contribution in [0.4, 0.5) is 21.5 Å². The molecule has 0 radical (unpaired) electrons. The molecular weight excluding hydrogens is 417 g/mol. The van der Waals surface area contributed by atoms with Crippen molar-refractivity contribution in [1.82, 2.24) is 0 Å². The maximum absolute atomic E-state index is 13.4. The number of fused-ring (bicyclic) bond motifs is 1. The molecule has 3 aromatic carbocycles. The molecule has 0 N–H and O–H groups in total. The van der Waals surface area contributed by atoms with Crippen molar-refractivity contribution >= 4 is 28.9 Å². The Labute approximate surface area is 181 Å². The van der Waals surface area contributed by atoms with E-state index < -0.39 is 40.6 Å². The minimum atomic E-state index is -1.11. The molecule has 2 aliphatic rings. The predicted octanol–water partition coefficient (Wildman–Crippen LogP) is 3.79. The first-order valence-electron chi connectivity index (χ1n) is 9.84. The van der Waals surface area contributed by atoms with Crippen LogP contribution in [0.1, 0.15) is 11.6 Å². The van der Waals surface area contributed by atoms with Gasteiger partial charge in [-0.1, -0.05) is 36.4 Å². The molecule has 2 heterocycles. The van der Waals surface area contributed by atoms with Gasteiger partial charge in [0.2, 0.25) is 5.91 Å². The zero-order chi connectivity index (χ0) is 22.4. The second-order valence-electron chi connectivity index (χ2n) is 7.50. The quantitative estimate of drug-likeness (QED) is 0.353. The lowest BCUT2D eigenvalue weighted by Crippen LogP contribution is -2.37. The lowest BCUT2D eigenvalue weighted by atomic mass is 9.90. The van der Waals surface area contributed by atoms with Crippen molar-refractivity contribution < 1.29 is 23.7 Å². The summed E-state index contributed by atoms with van der Waals surface area (Å²) in [6.45, 7) is 0. The van der Waals surface area contributed by atoms with E-state index >= 15 is 0 Å². The highest BCUT2D eigenvalue weighted by Gasteiger charge is 2.60. The maximum Gasteiger partial charge on any atom is 0.271 e. The number of rotatable bonds is 4. The second kappa shape index (κ2) is 7.54. The van der Waals surface area contributed by atoms with Crippen LogP contribution < -0.4 is 9.96 Å². The molecule has 160 valence electrons. The van der Waals surface area contributed by atoms with E-state index in [1.54, 1.807) is 30.3 Å². The highest BCUT2D eigenvalue weighted by molar-refractivity contribution is 6.23. The van der Waals surface area contributed by atoms with Crippen LogP contribution in [0.3, 0.4) is 0 Å². The molecule has 0 aromatic heterocycles. The third-order valence-corrected chi connectivity index (χ3v) is 5.64. The van der Waals surface area contributed by atoms with E-state index in [0.717, 1.165) is 4.90 Å². The molecule has 0 saturated carbocycles. The number of imide groups is 1. The van der Waals surface area contributed by atoms with Gasteiger partial charge in [-0.2, -0.15) is 0 Å². The minimum absolute atomic E-state index is 0.138. The monoisotopic (exact) mass is 433 g/mol. The Morgan fingerprint density at radius 1 is 0.875 bits per heavy atom. The molecule has 0 aliphatic carbocycles. The smallest absolute Gasteiger partial charge is 0.271 e. The SMILES string of the molecule is O=C1[C@H]2[C@H](ON(c3cccc([N+](=O)[O-])c3)[C@@H]2c2ccccc2)C(=O)N1c1ccc(F)cc1. The molecule has 9 heteroatoms. The van der Waals surface area contributed by atoms with Gasteiger partial charge in [-0.25, -0.2) is 14.4 Å². The van der Waals surface area contributed by atoms with Gasteiger partial charge in [0.1, 0.15) is 11.7 Å². The van der Waals surface area contributed by atoms with E-state index in [1.165, 1.54) is 47.5 Å². The molecule has 2 saturated heterocycles. The number of hydroxylamine groups is 1. The Balaban J connectivity index is 1.58. The largest absolute Gasteiger partial charge is 0.273 e. The number of hydrogen-bond donors (Lipinski definition) is 0. The molecule has 0 spiro atoms. The third kappa shape index (κ3) is 3.10. The number of non-ortho nitro benzene ring substituents is 1. The van der Waals surface area contributed by atoms with Crippen molar-refractivity contribution in [2.45, 2.75) is 12.1 Å². The molecule has 0 bridgehead atoms. The van der Waals surface area contributed by atoms with E-state index in [-0.39, 0.29) is 11.4 Å². The number of benzene rings is 3. The zero-order valence-electron chi connectivity index (χ0n) is 16.5. The number of anilines is 2. The highest BCUT2D eigenvalue weighted by Crippen LogP contribution is 2.47. The number of nitrogens with zero attached hydrogens (tertiary/aromatic N) is 3. The molecule has 2 fully saturated rings. The molecule has 8 nitrogen and oxygen atoms in total. The lowest BCUT2D eigenvalue weighted by Gasteiger charge is -2.28. The minimum Gasteiger partial charge on any atom is -0.273 e. The average Bonchev–Trinajstić information content (AvgIpc) is 3.31. The fourth-order valence-corrected chi connectivity index (χ4v) is 4.22. The fraction of sp³-hybridized carbons (Fsp3) is 0.130. The molecule has 5 rings (SSSR count). The summed E-state index contributed by atoms with van der Waals surface area (Å²) in [6, 6.07) is 19.2. The van der Waals surface area contributed by atoms with Crippen molar-refractivity contribution in [3.8, 4) is 0 Å². The Morgan fingerprint density at radius 2 is 1.59 bits per heavy atom. The van der Waals surface area contributed by atoms with Gasteiger partial charge in [0.15, 0.2) is 6.10 Å². The van der Waals surface area contributed by atoms with Crippen LogP contribution in [0.25, 0.3) is 0 Å². The predicted molar refractivity (Wildman–Crippen MR) is 112 cm³/mol. The summed E-state index contributed by atoms with van der Waals surface area (Å²) in [7, 11) is 0. The first kappa shape index (κ1) is 19.8. The van der Waals surface area contributed by atoms with Gasteiger partial charge in [-0.05, 0) is 35.9 Å². The number of amides is 2. The van der Waals surface area contributed by atoms with E-state index in [4.69, 9.17) is 4.84 Å². The van der Waals surface area contributed by atoms with E-state index in [1.807, 2.05) is 6.07 Å². The van der Waals surface area contributed by atoms with Crippen LogP contribution in [0, 0.1) is 21.8 Å². The first-order valence-corrected chi connectivity index (χ1v) is 9.84. The van der Waals surface area contributed by atoms with Gasteiger partial charge in [0.25, 0.3) is 11.6 Å². The van der Waals surface area contributed by atoms with Crippen molar-refractivity contribution in [3.63, 3.8) is 0 Å². The van der Waals surface area contributed by atoms with Crippen LogP contribution in [0.2, 0.25) is 0 Å². The third-order valence-electron chi connectivity index (χ3n) is 5.64. The number of halogens is 1. The molecule has 3 atom stereocenters. The molecule has 3 aromatic rings. The lowest BCUT2D eigenvalue weighted by molar-refractivity contribution is -0.384. The highest BCUT2D eigenvalue weighted by atomic mass is 19.1. The van der Waals surface area contributed by atoms with Gasteiger partial charge in [-0.3, -0.25) is 24.5 Å². The number of nitro benzene ring substituents is 1. The second-order valence-corrected chi connectivity index (χ2v) is 7.50. The average molecular weight is 433 g/mol. The van der Waals surface area contributed by atoms with Crippen molar-refractivity contribution in [1.29, 1.82) is 0 Å². The molecular formula is C23H16FN3O5. The summed E-state index contributed by atoms with van der Waals surface area (Å²) in [4.78, 5) is 44.3. The normalized spacial score (nSPS) is 22.3. The van der Waals surface area contributed by atoms with Gasteiger partial charge >= 0.3 is 0 Å². The number of hydrogen-bond acceptors (Lipinski definition) is 6. The van der Waals surface area contributed by atoms with Gasteiger partial charge in [-0.15, -0.1) is 0 Å². The Morgan fingerprint density at radius 3 is 2.28 bits per heavy atom. The topological polar surface area (TPSA) is 93.0 Å². The van der Waals surface area contributed by atoms with Crippen LogP contribution in [-0.2, 0) is 14.4 Å². The number of carbonyl (C=O) groups excluding carboxylic acids is 2. The molecule has 32 heavy (non-hydrogen) atoms. The number of carbonyl (C=O) groups is 2. The fourth-order valence-electron chi connectivity index (χ4n) is 4.22. The summed E-state index contributed by atoms with van der Waals surface area (Å²) < 4.78 is 13.3. The van der Waals surface area contributed by atoms with E-state index in [9.17, 15) is 24.1 Å². The van der Waals surface area contributed by atoms with Crippen LogP contribution in [-0.4, -0.2) is 22.8 Å². The summed E-state index contributed by atoms with van der Waals surface area (Å²) >= 11 is 0. The number of nitro groups is 1. The Kier molecular flexibility index (Phi) is 4.67. The summed E-state index contributed by atoms with van der Waals surface area (Å²) in [5.41, 5.74) is 1.19. The van der Waals surface area contributed by atoms with Crippen LogP contribution in [0.15, 0.2) is 78.9 Å². The standard InChI is InChI=1S/C23H16FN3O5/c24-15-9-11-16(12-10-15)25-22(28)19-20(14-5-2-1-3-6-14)26(32-21(19)23(25)29)17-7-4-8-18(13-17)27(30)31/h1-13,19-21H/t19-,20-,21+/m1/s1. The van der Waals surface area contributed by atoms with Crippen LogP contribution >= 0.6 is 0 Å². The van der Waals surface area contributed by atoms with Crippen LogP contribution in [0.5, 0.6) is 0 Å². The van der Waals surface area contributed by atoms with Gasteiger partial charge < -0.3 is 0 Å². The maximum atomic E-state index is 13.4. The molecule has 0 unspecified atom stereocenters. The zero-order valence-corrected chi connectivity index (χ0v) is 16.5. The molecule has 2 aliphatic heterocycles. The van der Waals surface area contributed by atoms with Crippen molar-refractivity contribution in [3.05, 3.63) is 100 Å². The summed E-state index contributed by atoms with van der Waals surface area (Å²) in [6.07, 6.45) is -1.11. The van der Waals surface area contributed by atoms with Crippen molar-refractivity contribution in [2.24, 2.45) is 5.92 Å². The first-order chi connectivity index (χ1) is 15.5. The summed E-state index contributed by atoms with van der Waals surface area (Å²) in [5.74, 6) is -2.41.